The molecule has 1 aromatic carbocycles. The highest BCUT2D eigenvalue weighted by atomic mass is 79.9. The molecule has 1 unspecified atom stereocenters. The Labute approximate surface area is 120 Å². The number of hydrogen-bond acceptors (Lipinski definition) is 2. The summed E-state index contributed by atoms with van der Waals surface area (Å²) < 4.78 is 14.2. The first-order valence-corrected chi connectivity index (χ1v) is 6.37. The second-order valence-corrected chi connectivity index (χ2v) is 5.19. The van der Waals surface area contributed by atoms with Crippen LogP contribution in [0.5, 0.6) is 0 Å². The van der Waals surface area contributed by atoms with Crippen LogP contribution in [0.4, 0.5) is 4.39 Å². The molecular weight excluding hydrogens is 323 g/mol. The highest BCUT2D eigenvalue weighted by Crippen LogP contribution is 2.32. The predicted molar refractivity (Wildman–Crippen MR) is 74.4 cm³/mol. The SMILES string of the molecule is Cl.NCC(NC(=O)c1cc(Br)ccc1F)C1CC1. The lowest BCUT2D eigenvalue weighted by Crippen LogP contribution is -2.42. The zero-order valence-electron chi connectivity index (χ0n) is 9.66. The van der Waals surface area contributed by atoms with Gasteiger partial charge in [0.2, 0.25) is 0 Å². The summed E-state index contributed by atoms with van der Waals surface area (Å²) in [5.74, 6) is -0.456. The van der Waals surface area contributed by atoms with Crippen molar-refractivity contribution in [1.29, 1.82) is 0 Å². The molecule has 100 valence electrons. The molecule has 2 rings (SSSR count). The van der Waals surface area contributed by atoms with E-state index in [-0.39, 0.29) is 24.0 Å². The molecule has 3 N–H and O–H groups in total. The summed E-state index contributed by atoms with van der Waals surface area (Å²) in [5.41, 5.74) is 5.64. The fourth-order valence-corrected chi connectivity index (χ4v) is 2.15. The zero-order valence-corrected chi connectivity index (χ0v) is 12.1. The predicted octanol–water partition coefficient (Wildman–Crippen LogP) is 2.48. The van der Waals surface area contributed by atoms with E-state index in [0.29, 0.717) is 16.9 Å². The molecule has 1 aliphatic carbocycles. The largest absolute Gasteiger partial charge is 0.348 e. The Bertz CT molecular complexity index is 440. The Morgan fingerprint density at radius 3 is 2.78 bits per heavy atom. The standard InChI is InChI=1S/C12H14BrFN2O.ClH/c13-8-3-4-10(14)9(5-8)12(17)16-11(6-15)7-1-2-7;/h3-5,7,11H,1-2,6,15H2,(H,16,17);1H. The van der Waals surface area contributed by atoms with E-state index in [1.807, 2.05) is 0 Å². The fourth-order valence-electron chi connectivity index (χ4n) is 1.79. The van der Waals surface area contributed by atoms with E-state index in [9.17, 15) is 9.18 Å². The number of amides is 1. The van der Waals surface area contributed by atoms with Crippen LogP contribution in [0.25, 0.3) is 0 Å². The first kappa shape index (κ1) is 15.4. The lowest BCUT2D eigenvalue weighted by Gasteiger charge is -2.16. The van der Waals surface area contributed by atoms with Crippen LogP contribution in [-0.4, -0.2) is 18.5 Å². The maximum absolute atomic E-state index is 13.5. The molecule has 0 bridgehead atoms. The van der Waals surface area contributed by atoms with Crippen molar-refractivity contribution in [2.45, 2.75) is 18.9 Å². The highest BCUT2D eigenvalue weighted by molar-refractivity contribution is 9.10. The molecule has 0 aliphatic heterocycles. The zero-order chi connectivity index (χ0) is 12.4. The molecule has 0 spiro atoms. The third-order valence-electron chi connectivity index (χ3n) is 2.93. The van der Waals surface area contributed by atoms with Crippen LogP contribution in [0.3, 0.4) is 0 Å². The van der Waals surface area contributed by atoms with Gasteiger partial charge in [-0.2, -0.15) is 0 Å². The number of hydrogen-bond donors (Lipinski definition) is 2. The molecule has 0 aromatic heterocycles. The number of carbonyl (C=O) groups is 1. The van der Waals surface area contributed by atoms with E-state index in [2.05, 4.69) is 21.2 Å². The molecule has 0 heterocycles. The highest BCUT2D eigenvalue weighted by Gasteiger charge is 2.31. The Morgan fingerprint density at radius 1 is 1.56 bits per heavy atom. The molecule has 1 atom stereocenters. The number of nitrogens with two attached hydrogens (primary N) is 1. The van der Waals surface area contributed by atoms with Crippen LogP contribution in [0, 0.1) is 11.7 Å². The Hall–Kier alpha value is -0.650. The molecule has 1 fully saturated rings. The summed E-state index contributed by atoms with van der Waals surface area (Å²) in [5, 5.41) is 2.79. The normalized spacial score (nSPS) is 15.7. The lowest BCUT2D eigenvalue weighted by molar-refractivity contribution is 0.0929. The number of rotatable bonds is 4. The van der Waals surface area contributed by atoms with Gasteiger partial charge in [0.1, 0.15) is 5.82 Å². The van der Waals surface area contributed by atoms with Gasteiger partial charge in [-0.05, 0) is 37.0 Å². The first-order chi connectivity index (χ1) is 8.11. The maximum atomic E-state index is 13.5. The van der Waals surface area contributed by atoms with E-state index < -0.39 is 11.7 Å². The van der Waals surface area contributed by atoms with Crippen molar-refractivity contribution in [3.05, 3.63) is 34.1 Å². The Morgan fingerprint density at radius 2 is 2.22 bits per heavy atom. The summed E-state index contributed by atoms with van der Waals surface area (Å²) in [6.45, 7) is 0.395. The van der Waals surface area contributed by atoms with E-state index in [1.54, 1.807) is 6.07 Å². The molecular formula is C12H15BrClFN2O. The van der Waals surface area contributed by atoms with Crippen molar-refractivity contribution < 1.29 is 9.18 Å². The van der Waals surface area contributed by atoms with E-state index in [0.717, 1.165) is 12.8 Å². The molecule has 1 aliphatic rings. The minimum Gasteiger partial charge on any atom is -0.348 e. The molecule has 6 heteroatoms. The third kappa shape index (κ3) is 3.67. The molecule has 1 saturated carbocycles. The number of carbonyl (C=O) groups excluding carboxylic acids is 1. The lowest BCUT2D eigenvalue weighted by atomic mass is 10.1. The van der Waals surface area contributed by atoms with E-state index >= 15 is 0 Å². The molecule has 3 nitrogen and oxygen atoms in total. The summed E-state index contributed by atoms with van der Waals surface area (Å²) in [7, 11) is 0. The summed E-state index contributed by atoms with van der Waals surface area (Å²) in [4.78, 5) is 11.9. The van der Waals surface area contributed by atoms with Gasteiger partial charge in [-0.3, -0.25) is 4.79 Å². The minimum atomic E-state index is -0.516. The van der Waals surface area contributed by atoms with Gasteiger partial charge in [0.05, 0.1) is 5.56 Å². The summed E-state index contributed by atoms with van der Waals surface area (Å²) in [6.07, 6.45) is 2.17. The van der Waals surface area contributed by atoms with Crippen molar-refractivity contribution in [2.24, 2.45) is 11.7 Å². The second kappa shape index (κ2) is 6.50. The monoisotopic (exact) mass is 336 g/mol. The number of nitrogens with one attached hydrogen (secondary N) is 1. The molecule has 0 radical (unpaired) electrons. The fraction of sp³-hybridized carbons (Fsp3) is 0.417. The quantitative estimate of drug-likeness (QED) is 0.887. The van der Waals surface area contributed by atoms with E-state index in [1.165, 1.54) is 12.1 Å². The van der Waals surface area contributed by atoms with Gasteiger partial charge in [-0.1, -0.05) is 15.9 Å². The average molecular weight is 338 g/mol. The van der Waals surface area contributed by atoms with Gasteiger partial charge in [-0.15, -0.1) is 12.4 Å². The Balaban J connectivity index is 0.00000162. The average Bonchev–Trinajstić information content (AvgIpc) is 3.13. The number of benzene rings is 1. The van der Waals surface area contributed by atoms with Gasteiger partial charge in [0.15, 0.2) is 0 Å². The van der Waals surface area contributed by atoms with Crippen molar-refractivity contribution in [1.82, 2.24) is 5.32 Å². The van der Waals surface area contributed by atoms with Crippen molar-refractivity contribution >= 4 is 34.2 Å². The van der Waals surface area contributed by atoms with E-state index in [4.69, 9.17) is 5.73 Å². The first-order valence-electron chi connectivity index (χ1n) is 5.58. The van der Waals surface area contributed by atoms with Crippen molar-refractivity contribution in [2.75, 3.05) is 6.54 Å². The third-order valence-corrected chi connectivity index (χ3v) is 3.43. The molecule has 1 amide bonds. The van der Waals surface area contributed by atoms with Crippen LogP contribution in [-0.2, 0) is 0 Å². The maximum Gasteiger partial charge on any atom is 0.254 e. The van der Waals surface area contributed by atoms with Crippen LogP contribution >= 0.6 is 28.3 Å². The molecule has 18 heavy (non-hydrogen) atoms. The topological polar surface area (TPSA) is 55.1 Å². The molecule has 0 saturated heterocycles. The van der Waals surface area contributed by atoms with Crippen molar-refractivity contribution in [3.63, 3.8) is 0 Å². The minimum absolute atomic E-state index is 0. The summed E-state index contributed by atoms with van der Waals surface area (Å²) in [6, 6.07) is 4.27. The summed E-state index contributed by atoms with van der Waals surface area (Å²) >= 11 is 3.22. The smallest absolute Gasteiger partial charge is 0.254 e. The second-order valence-electron chi connectivity index (χ2n) is 4.28. The molecule has 1 aromatic rings. The van der Waals surface area contributed by atoms with Crippen molar-refractivity contribution in [3.8, 4) is 0 Å². The van der Waals surface area contributed by atoms with Gasteiger partial charge in [0, 0.05) is 17.1 Å². The van der Waals surface area contributed by atoms with Gasteiger partial charge in [0.25, 0.3) is 5.91 Å². The van der Waals surface area contributed by atoms with Crippen LogP contribution in [0.15, 0.2) is 22.7 Å². The van der Waals surface area contributed by atoms with Gasteiger partial charge >= 0.3 is 0 Å². The van der Waals surface area contributed by atoms with Gasteiger partial charge in [-0.25, -0.2) is 4.39 Å². The Kier molecular flexibility index (Phi) is 5.56. The van der Waals surface area contributed by atoms with Crippen LogP contribution < -0.4 is 11.1 Å². The van der Waals surface area contributed by atoms with Gasteiger partial charge < -0.3 is 11.1 Å². The number of halogens is 3. The van der Waals surface area contributed by atoms with Crippen LogP contribution in [0.2, 0.25) is 0 Å². The van der Waals surface area contributed by atoms with Crippen LogP contribution in [0.1, 0.15) is 23.2 Å².